The van der Waals surface area contributed by atoms with Crippen molar-refractivity contribution in [2.75, 3.05) is 0 Å². The Morgan fingerprint density at radius 3 is 2.58 bits per heavy atom. The molecule has 1 saturated heterocycles. The lowest BCUT2D eigenvalue weighted by atomic mass is 9.90. The summed E-state index contributed by atoms with van der Waals surface area (Å²) < 4.78 is 11.6. The predicted molar refractivity (Wildman–Crippen MR) is 125 cm³/mol. The number of non-ortho nitro benzene ring substituents is 1. The maximum absolute atomic E-state index is 12.5. The first kappa shape index (κ1) is 26.7. The van der Waals surface area contributed by atoms with Gasteiger partial charge in [0.25, 0.3) is 5.69 Å². The number of carbonyl (C=O) groups excluding carboxylic acids is 1. The van der Waals surface area contributed by atoms with Crippen molar-refractivity contribution in [2.45, 2.75) is 89.3 Å². The highest BCUT2D eigenvalue weighted by Gasteiger charge is 2.46. The third-order valence-electron chi connectivity index (χ3n) is 6.06. The van der Waals surface area contributed by atoms with E-state index in [1.54, 1.807) is 19.9 Å². The number of hydrogen-bond acceptors (Lipinski definition) is 7. The molecule has 1 aliphatic rings. The van der Waals surface area contributed by atoms with Crippen molar-refractivity contribution in [3.8, 4) is 0 Å². The van der Waals surface area contributed by atoms with Crippen molar-refractivity contribution in [1.29, 1.82) is 0 Å². The van der Waals surface area contributed by atoms with Crippen molar-refractivity contribution in [2.24, 2.45) is 0 Å². The number of rotatable bonds is 11. The maximum atomic E-state index is 12.5. The molecular formula is C25H35NO7. The summed E-state index contributed by atoms with van der Waals surface area (Å²) in [4.78, 5) is 22.7. The number of benzene rings is 1. The SMILES string of the molecule is C=CCC(/C=C(\C)CC[C@H](O)[C@@]1(C)CC[C@H](C(C)(C)O)O1)OC(=O)c1ccc([N+](=O)[O-])cc1. The highest BCUT2D eigenvalue weighted by atomic mass is 16.6. The summed E-state index contributed by atoms with van der Waals surface area (Å²) >= 11 is 0. The fraction of sp³-hybridized carbons (Fsp3) is 0.560. The molecule has 2 N–H and O–H groups in total. The lowest BCUT2D eigenvalue weighted by Crippen LogP contribution is -2.43. The number of ether oxygens (including phenoxy) is 2. The highest BCUT2D eigenvalue weighted by Crippen LogP contribution is 2.38. The molecule has 0 radical (unpaired) electrons. The average Bonchev–Trinajstić information content (AvgIpc) is 3.16. The van der Waals surface area contributed by atoms with Gasteiger partial charge < -0.3 is 19.7 Å². The van der Waals surface area contributed by atoms with Crippen LogP contribution in [0.25, 0.3) is 0 Å². The summed E-state index contributed by atoms with van der Waals surface area (Å²) in [5.41, 5.74) is -0.605. The van der Waals surface area contributed by atoms with E-state index in [9.17, 15) is 25.1 Å². The fourth-order valence-electron chi connectivity index (χ4n) is 3.91. The minimum absolute atomic E-state index is 0.0997. The molecule has 182 valence electrons. The lowest BCUT2D eigenvalue weighted by molar-refractivity contribution is -0.384. The Labute approximate surface area is 195 Å². The van der Waals surface area contributed by atoms with E-state index < -0.39 is 34.3 Å². The Bertz CT molecular complexity index is 872. The van der Waals surface area contributed by atoms with Gasteiger partial charge in [-0.25, -0.2) is 4.79 Å². The second kappa shape index (κ2) is 11.0. The van der Waals surface area contributed by atoms with Gasteiger partial charge in [-0.15, -0.1) is 6.58 Å². The molecule has 0 saturated carbocycles. The van der Waals surface area contributed by atoms with E-state index >= 15 is 0 Å². The number of esters is 1. The molecule has 0 aliphatic carbocycles. The zero-order chi connectivity index (χ0) is 24.8. The molecule has 0 amide bonds. The summed E-state index contributed by atoms with van der Waals surface area (Å²) in [6, 6.07) is 5.24. The van der Waals surface area contributed by atoms with Gasteiger partial charge in [0.05, 0.1) is 33.9 Å². The molecular weight excluding hydrogens is 426 g/mol. The quantitative estimate of drug-likeness (QED) is 0.216. The van der Waals surface area contributed by atoms with Crippen LogP contribution in [0.1, 0.15) is 70.2 Å². The topological polar surface area (TPSA) is 119 Å². The standard InChI is InChI=1S/C25H35NO7/c1-6-7-20(32-23(28)18-9-11-19(12-10-18)26(30)31)16-17(2)8-13-21(27)25(5)15-14-22(33-25)24(3,4)29/h6,9-12,16,20-22,27,29H,1,7-8,13-15H2,2-5H3/b17-16+/t20?,21-,22+,25+/m0/s1. The van der Waals surface area contributed by atoms with Crippen molar-refractivity contribution >= 4 is 11.7 Å². The lowest BCUT2D eigenvalue weighted by Gasteiger charge is -2.33. The number of allylic oxidation sites excluding steroid dienone is 1. The summed E-state index contributed by atoms with van der Waals surface area (Å²) in [6.07, 6.45) is 4.73. The summed E-state index contributed by atoms with van der Waals surface area (Å²) in [5.74, 6) is -0.578. The predicted octanol–water partition coefficient (Wildman–Crippen LogP) is 4.49. The van der Waals surface area contributed by atoms with Gasteiger partial charge in [-0.2, -0.15) is 0 Å². The van der Waals surface area contributed by atoms with Crippen molar-refractivity contribution < 1.29 is 29.4 Å². The van der Waals surface area contributed by atoms with Crippen LogP contribution in [0.4, 0.5) is 5.69 Å². The van der Waals surface area contributed by atoms with Crippen LogP contribution in [-0.4, -0.2) is 50.6 Å². The van der Waals surface area contributed by atoms with Crippen molar-refractivity contribution in [1.82, 2.24) is 0 Å². The molecule has 8 heteroatoms. The third-order valence-corrected chi connectivity index (χ3v) is 6.06. The Morgan fingerprint density at radius 2 is 2.06 bits per heavy atom. The minimum atomic E-state index is -0.960. The Balaban J connectivity index is 1.96. The van der Waals surface area contributed by atoms with E-state index in [1.165, 1.54) is 24.3 Å². The van der Waals surface area contributed by atoms with Crippen molar-refractivity contribution in [3.63, 3.8) is 0 Å². The summed E-state index contributed by atoms with van der Waals surface area (Å²) in [6.45, 7) is 10.9. The van der Waals surface area contributed by atoms with Crippen LogP contribution in [0.15, 0.2) is 48.6 Å². The molecule has 0 spiro atoms. The summed E-state index contributed by atoms with van der Waals surface area (Å²) in [7, 11) is 0. The zero-order valence-corrected chi connectivity index (χ0v) is 19.8. The molecule has 8 nitrogen and oxygen atoms in total. The van der Waals surface area contributed by atoms with E-state index in [4.69, 9.17) is 9.47 Å². The first-order valence-electron chi connectivity index (χ1n) is 11.2. The van der Waals surface area contributed by atoms with Gasteiger partial charge in [0.2, 0.25) is 0 Å². The van der Waals surface area contributed by atoms with Crippen LogP contribution in [0.5, 0.6) is 0 Å². The van der Waals surface area contributed by atoms with Gasteiger partial charge in [0.15, 0.2) is 0 Å². The molecule has 1 unspecified atom stereocenters. The number of nitro groups is 1. The Kier molecular flexibility index (Phi) is 8.94. The van der Waals surface area contributed by atoms with Crippen LogP contribution >= 0.6 is 0 Å². The molecule has 1 aromatic rings. The van der Waals surface area contributed by atoms with Crippen LogP contribution in [0.2, 0.25) is 0 Å². The molecule has 1 aromatic carbocycles. The van der Waals surface area contributed by atoms with Crippen LogP contribution in [0, 0.1) is 10.1 Å². The van der Waals surface area contributed by atoms with Gasteiger partial charge in [-0.1, -0.05) is 11.6 Å². The largest absolute Gasteiger partial charge is 0.454 e. The maximum Gasteiger partial charge on any atom is 0.338 e. The molecule has 4 atom stereocenters. The zero-order valence-electron chi connectivity index (χ0n) is 19.8. The Hall–Kier alpha value is -2.55. The molecule has 1 aliphatic heterocycles. The average molecular weight is 462 g/mol. The van der Waals surface area contributed by atoms with Gasteiger partial charge in [-0.3, -0.25) is 10.1 Å². The number of carbonyl (C=O) groups is 1. The van der Waals surface area contributed by atoms with Crippen molar-refractivity contribution in [3.05, 3.63) is 64.2 Å². The monoisotopic (exact) mass is 461 g/mol. The Morgan fingerprint density at radius 1 is 1.42 bits per heavy atom. The second-order valence-electron chi connectivity index (χ2n) is 9.45. The number of aliphatic hydroxyl groups excluding tert-OH is 1. The molecule has 0 aromatic heterocycles. The number of nitrogens with zero attached hydrogens (tertiary/aromatic N) is 1. The number of hydrogen-bond donors (Lipinski definition) is 2. The number of aliphatic hydroxyl groups is 2. The van der Waals surface area contributed by atoms with E-state index in [-0.39, 0.29) is 17.4 Å². The fourth-order valence-corrected chi connectivity index (χ4v) is 3.91. The van der Waals surface area contributed by atoms with E-state index in [1.807, 2.05) is 19.9 Å². The van der Waals surface area contributed by atoms with Crippen LogP contribution in [0.3, 0.4) is 0 Å². The van der Waals surface area contributed by atoms with E-state index in [2.05, 4.69) is 6.58 Å². The van der Waals surface area contributed by atoms with Gasteiger partial charge in [-0.05, 0) is 71.6 Å². The van der Waals surface area contributed by atoms with E-state index in [0.717, 1.165) is 5.57 Å². The van der Waals surface area contributed by atoms with Crippen LogP contribution < -0.4 is 0 Å². The smallest absolute Gasteiger partial charge is 0.338 e. The molecule has 1 heterocycles. The first-order valence-corrected chi connectivity index (χ1v) is 11.2. The first-order chi connectivity index (χ1) is 15.4. The summed E-state index contributed by atoms with van der Waals surface area (Å²) in [5, 5.41) is 31.7. The van der Waals surface area contributed by atoms with E-state index in [0.29, 0.717) is 32.1 Å². The number of nitro benzene ring substituents is 1. The van der Waals surface area contributed by atoms with Gasteiger partial charge in [0.1, 0.15) is 6.10 Å². The molecule has 1 fully saturated rings. The van der Waals surface area contributed by atoms with Crippen LogP contribution in [-0.2, 0) is 9.47 Å². The molecule has 33 heavy (non-hydrogen) atoms. The van der Waals surface area contributed by atoms with Gasteiger partial charge in [0, 0.05) is 18.6 Å². The molecule has 2 rings (SSSR count). The normalized spacial score (nSPS) is 23.1. The molecule has 0 bridgehead atoms. The highest BCUT2D eigenvalue weighted by molar-refractivity contribution is 5.89. The third kappa shape index (κ3) is 7.48. The van der Waals surface area contributed by atoms with Gasteiger partial charge >= 0.3 is 5.97 Å². The second-order valence-corrected chi connectivity index (χ2v) is 9.45. The minimum Gasteiger partial charge on any atom is -0.454 e.